The Balaban J connectivity index is 0.00000289. The van der Waals surface area contributed by atoms with Gasteiger partial charge in [-0.1, -0.05) is 19.1 Å². The van der Waals surface area contributed by atoms with Crippen molar-refractivity contribution in [2.75, 3.05) is 19.0 Å². The molecule has 1 aromatic rings. The van der Waals surface area contributed by atoms with Crippen LogP contribution in [0.5, 0.6) is 5.75 Å². The van der Waals surface area contributed by atoms with E-state index in [1.807, 2.05) is 31.2 Å². The van der Waals surface area contributed by atoms with Gasteiger partial charge in [-0.05, 0) is 32.0 Å². The number of methoxy groups -OCH3 is 1. The number of ether oxygens (including phenoxy) is 1. The Kier molecular flexibility index (Phi) is 8.16. The van der Waals surface area contributed by atoms with Crippen LogP contribution in [0.25, 0.3) is 0 Å². The summed E-state index contributed by atoms with van der Waals surface area (Å²) in [5.74, 6) is 0.617. The Morgan fingerprint density at radius 1 is 1.39 bits per heavy atom. The summed E-state index contributed by atoms with van der Waals surface area (Å²) in [6.45, 7) is 4.75. The molecule has 0 aliphatic heterocycles. The number of carbonyl (C=O) groups excluding carboxylic acids is 1. The average molecular weight is 273 g/mol. The summed E-state index contributed by atoms with van der Waals surface area (Å²) in [6, 6.07) is 7.17. The van der Waals surface area contributed by atoms with E-state index in [-0.39, 0.29) is 24.4 Å². The zero-order valence-electron chi connectivity index (χ0n) is 11.0. The van der Waals surface area contributed by atoms with E-state index >= 15 is 0 Å². The van der Waals surface area contributed by atoms with Crippen molar-refractivity contribution in [2.45, 2.75) is 26.3 Å². The summed E-state index contributed by atoms with van der Waals surface area (Å²) in [4.78, 5) is 11.9. The second-order valence-corrected chi connectivity index (χ2v) is 3.87. The van der Waals surface area contributed by atoms with E-state index in [2.05, 4.69) is 17.6 Å². The Bertz CT molecular complexity index is 372. The van der Waals surface area contributed by atoms with E-state index in [4.69, 9.17) is 4.74 Å². The summed E-state index contributed by atoms with van der Waals surface area (Å²) < 4.78 is 5.17. The lowest BCUT2D eigenvalue weighted by Gasteiger charge is -2.15. The Morgan fingerprint density at radius 3 is 2.67 bits per heavy atom. The first kappa shape index (κ1) is 16.7. The number of rotatable bonds is 6. The summed E-state index contributed by atoms with van der Waals surface area (Å²) >= 11 is 0. The van der Waals surface area contributed by atoms with E-state index in [1.165, 1.54) is 0 Å². The molecule has 1 rings (SSSR count). The van der Waals surface area contributed by atoms with Crippen LogP contribution in [0.15, 0.2) is 24.3 Å². The number of hydrogen-bond donors (Lipinski definition) is 2. The largest absolute Gasteiger partial charge is 0.495 e. The first-order chi connectivity index (χ1) is 8.19. The molecule has 0 fully saturated rings. The summed E-state index contributed by atoms with van der Waals surface area (Å²) in [7, 11) is 1.59. The van der Waals surface area contributed by atoms with Gasteiger partial charge >= 0.3 is 0 Å². The first-order valence-electron chi connectivity index (χ1n) is 5.86. The number of amides is 1. The number of anilines is 1. The first-order valence-corrected chi connectivity index (χ1v) is 5.86. The zero-order chi connectivity index (χ0) is 12.7. The molecular formula is C13H21ClN2O2. The van der Waals surface area contributed by atoms with Gasteiger partial charge in [0, 0.05) is 0 Å². The topological polar surface area (TPSA) is 50.4 Å². The van der Waals surface area contributed by atoms with Crippen LogP contribution in [0, 0.1) is 0 Å². The van der Waals surface area contributed by atoms with Crippen LogP contribution in [0.3, 0.4) is 0 Å². The minimum Gasteiger partial charge on any atom is -0.495 e. The lowest BCUT2D eigenvalue weighted by Crippen LogP contribution is -2.38. The number of carbonyl (C=O) groups is 1. The quantitative estimate of drug-likeness (QED) is 0.836. The molecule has 0 aliphatic rings. The van der Waals surface area contributed by atoms with Gasteiger partial charge in [0.2, 0.25) is 5.91 Å². The second kappa shape index (κ2) is 8.78. The van der Waals surface area contributed by atoms with Crippen LogP contribution < -0.4 is 15.4 Å². The van der Waals surface area contributed by atoms with Crippen molar-refractivity contribution in [2.24, 2.45) is 0 Å². The third-order valence-corrected chi connectivity index (χ3v) is 2.46. The third kappa shape index (κ3) is 4.94. The molecule has 0 radical (unpaired) electrons. The van der Waals surface area contributed by atoms with Gasteiger partial charge in [0.1, 0.15) is 5.75 Å². The summed E-state index contributed by atoms with van der Waals surface area (Å²) in [5, 5.41) is 5.98. The Morgan fingerprint density at radius 2 is 2.06 bits per heavy atom. The molecule has 0 heterocycles. The molecule has 1 amide bonds. The van der Waals surface area contributed by atoms with Crippen LogP contribution in [-0.2, 0) is 4.79 Å². The number of para-hydroxylation sites is 2. The molecular weight excluding hydrogens is 252 g/mol. The lowest BCUT2D eigenvalue weighted by atomic mass is 10.2. The number of nitrogens with one attached hydrogen (secondary N) is 2. The van der Waals surface area contributed by atoms with Gasteiger partial charge in [-0.3, -0.25) is 4.79 Å². The van der Waals surface area contributed by atoms with E-state index in [1.54, 1.807) is 7.11 Å². The highest BCUT2D eigenvalue weighted by Gasteiger charge is 2.13. The summed E-state index contributed by atoms with van der Waals surface area (Å²) in [5.41, 5.74) is 0.699. The second-order valence-electron chi connectivity index (χ2n) is 3.87. The normalized spacial score (nSPS) is 11.3. The molecule has 0 saturated heterocycles. The van der Waals surface area contributed by atoms with Gasteiger partial charge in [-0.25, -0.2) is 0 Å². The van der Waals surface area contributed by atoms with Crippen LogP contribution >= 0.6 is 12.4 Å². The van der Waals surface area contributed by atoms with E-state index in [9.17, 15) is 4.79 Å². The third-order valence-electron chi connectivity index (χ3n) is 2.46. The van der Waals surface area contributed by atoms with Gasteiger partial charge in [-0.15, -0.1) is 12.4 Å². The van der Waals surface area contributed by atoms with Crippen molar-refractivity contribution in [3.05, 3.63) is 24.3 Å². The maximum absolute atomic E-state index is 11.9. The number of halogens is 1. The molecule has 102 valence electrons. The predicted octanol–water partition coefficient (Wildman–Crippen LogP) is 2.44. The predicted molar refractivity (Wildman–Crippen MR) is 76.6 cm³/mol. The molecule has 5 heteroatoms. The molecule has 0 spiro atoms. The van der Waals surface area contributed by atoms with Gasteiger partial charge < -0.3 is 15.4 Å². The van der Waals surface area contributed by atoms with Crippen LogP contribution in [0.4, 0.5) is 5.69 Å². The molecule has 1 aromatic carbocycles. The highest BCUT2D eigenvalue weighted by molar-refractivity contribution is 5.95. The van der Waals surface area contributed by atoms with Crippen LogP contribution in [0.2, 0.25) is 0 Å². The average Bonchev–Trinajstić information content (AvgIpc) is 2.36. The van der Waals surface area contributed by atoms with E-state index < -0.39 is 0 Å². The molecule has 1 atom stereocenters. The van der Waals surface area contributed by atoms with Crippen molar-refractivity contribution in [3.63, 3.8) is 0 Å². The molecule has 4 nitrogen and oxygen atoms in total. The van der Waals surface area contributed by atoms with Gasteiger partial charge in [0.25, 0.3) is 0 Å². The standard InChI is InChI=1S/C13H20N2O2.ClH/c1-4-9-14-10(2)13(16)15-11-7-5-6-8-12(11)17-3;/h5-8,10,14H,4,9H2,1-3H3,(H,15,16);1H. The Labute approximate surface area is 115 Å². The summed E-state index contributed by atoms with van der Waals surface area (Å²) in [6.07, 6.45) is 1.01. The van der Waals surface area contributed by atoms with Crippen molar-refractivity contribution < 1.29 is 9.53 Å². The molecule has 1 unspecified atom stereocenters. The highest BCUT2D eigenvalue weighted by atomic mass is 35.5. The number of hydrogen-bond acceptors (Lipinski definition) is 3. The van der Waals surface area contributed by atoms with Crippen LogP contribution in [0.1, 0.15) is 20.3 Å². The van der Waals surface area contributed by atoms with Gasteiger partial charge in [-0.2, -0.15) is 0 Å². The zero-order valence-corrected chi connectivity index (χ0v) is 11.8. The van der Waals surface area contributed by atoms with E-state index in [0.29, 0.717) is 11.4 Å². The lowest BCUT2D eigenvalue weighted by molar-refractivity contribution is -0.117. The molecule has 18 heavy (non-hydrogen) atoms. The minimum absolute atomic E-state index is 0. The maximum atomic E-state index is 11.9. The van der Waals surface area contributed by atoms with Gasteiger partial charge in [0.15, 0.2) is 0 Å². The molecule has 0 bridgehead atoms. The molecule has 2 N–H and O–H groups in total. The molecule has 0 aromatic heterocycles. The van der Waals surface area contributed by atoms with E-state index in [0.717, 1.165) is 13.0 Å². The fourth-order valence-electron chi connectivity index (χ4n) is 1.44. The fraction of sp³-hybridized carbons (Fsp3) is 0.462. The van der Waals surface area contributed by atoms with Crippen molar-refractivity contribution >= 4 is 24.0 Å². The smallest absolute Gasteiger partial charge is 0.241 e. The van der Waals surface area contributed by atoms with Crippen molar-refractivity contribution in [3.8, 4) is 5.75 Å². The van der Waals surface area contributed by atoms with Crippen LogP contribution in [-0.4, -0.2) is 25.6 Å². The Hall–Kier alpha value is -1.26. The SMILES string of the molecule is CCCNC(C)C(=O)Nc1ccccc1OC.Cl. The van der Waals surface area contributed by atoms with Crippen molar-refractivity contribution in [1.82, 2.24) is 5.32 Å². The van der Waals surface area contributed by atoms with Crippen molar-refractivity contribution in [1.29, 1.82) is 0 Å². The van der Waals surface area contributed by atoms with Gasteiger partial charge in [0.05, 0.1) is 18.8 Å². The molecule has 0 aliphatic carbocycles. The molecule has 0 saturated carbocycles. The highest BCUT2D eigenvalue weighted by Crippen LogP contribution is 2.22. The maximum Gasteiger partial charge on any atom is 0.241 e. The minimum atomic E-state index is -0.208. The fourth-order valence-corrected chi connectivity index (χ4v) is 1.44. The number of benzene rings is 1. The monoisotopic (exact) mass is 272 g/mol.